The molecular weight excluding hydrogens is 332 g/mol. The number of aromatic nitrogens is 1. The van der Waals surface area contributed by atoms with Crippen LogP contribution in [0.2, 0.25) is 0 Å². The highest BCUT2D eigenvalue weighted by molar-refractivity contribution is 7.91. The van der Waals surface area contributed by atoms with Crippen molar-refractivity contribution in [3.63, 3.8) is 0 Å². The number of sulfonamides is 1. The van der Waals surface area contributed by atoms with E-state index in [1.165, 1.54) is 15.6 Å². The monoisotopic (exact) mass is 348 g/mol. The second-order valence-corrected chi connectivity index (χ2v) is 8.53. The maximum absolute atomic E-state index is 13.0. The SMILES string of the molecule is Cc1ccc(S(=O)(=O)N(Cc2cccnc2)Cc2ccco2)s1. The predicted octanol–water partition coefficient (Wildman–Crippen LogP) is 3.44. The Balaban J connectivity index is 1.93. The van der Waals surface area contributed by atoms with Crippen LogP contribution in [0, 0.1) is 6.92 Å². The Morgan fingerprint density at radius 3 is 2.65 bits per heavy atom. The van der Waals surface area contributed by atoms with Crippen LogP contribution in [0.1, 0.15) is 16.2 Å². The normalized spacial score (nSPS) is 11.9. The van der Waals surface area contributed by atoms with Gasteiger partial charge in [-0.25, -0.2) is 8.42 Å². The number of nitrogens with zero attached hydrogens (tertiary/aromatic N) is 2. The molecule has 3 heterocycles. The van der Waals surface area contributed by atoms with Gasteiger partial charge in [0.15, 0.2) is 0 Å². The molecule has 5 nitrogen and oxygen atoms in total. The van der Waals surface area contributed by atoms with Crippen molar-refractivity contribution in [2.75, 3.05) is 0 Å². The van der Waals surface area contributed by atoms with Crippen LogP contribution in [0.15, 0.2) is 63.7 Å². The van der Waals surface area contributed by atoms with Crippen LogP contribution >= 0.6 is 11.3 Å². The lowest BCUT2D eigenvalue weighted by atomic mass is 10.3. The van der Waals surface area contributed by atoms with Gasteiger partial charge in [0.05, 0.1) is 12.8 Å². The van der Waals surface area contributed by atoms with Gasteiger partial charge in [0.25, 0.3) is 10.0 Å². The lowest BCUT2D eigenvalue weighted by Crippen LogP contribution is -2.29. The molecule has 0 radical (unpaired) electrons. The van der Waals surface area contributed by atoms with E-state index in [1.807, 2.05) is 19.1 Å². The average Bonchev–Trinajstić information content (AvgIpc) is 3.19. The first kappa shape index (κ1) is 15.9. The first-order valence-electron chi connectivity index (χ1n) is 7.03. The summed E-state index contributed by atoms with van der Waals surface area (Å²) in [6, 6.07) is 10.6. The molecule has 0 aromatic carbocycles. The van der Waals surface area contributed by atoms with Crippen LogP contribution < -0.4 is 0 Å². The van der Waals surface area contributed by atoms with Crippen molar-refractivity contribution >= 4 is 21.4 Å². The van der Waals surface area contributed by atoms with Gasteiger partial charge in [-0.1, -0.05) is 6.07 Å². The molecule has 0 bridgehead atoms. The Hall–Kier alpha value is -1.96. The Morgan fingerprint density at radius 1 is 1.17 bits per heavy atom. The third-order valence-electron chi connectivity index (χ3n) is 3.30. The summed E-state index contributed by atoms with van der Waals surface area (Å²) in [5, 5.41) is 0. The van der Waals surface area contributed by atoms with E-state index in [4.69, 9.17) is 4.42 Å². The Labute approximate surface area is 139 Å². The number of hydrogen-bond acceptors (Lipinski definition) is 5. The van der Waals surface area contributed by atoms with Gasteiger partial charge in [-0.15, -0.1) is 11.3 Å². The molecule has 0 fully saturated rings. The number of furan rings is 1. The maximum atomic E-state index is 13.0. The van der Waals surface area contributed by atoms with Gasteiger partial charge in [0.2, 0.25) is 0 Å². The molecule has 3 rings (SSSR count). The average molecular weight is 348 g/mol. The van der Waals surface area contributed by atoms with Crippen molar-refractivity contribution in [2.24, 2.45) is 0 Å². The van der Waals surface area contributed by atoms with E-state index in [-0.39, 0.29) is 13.1 Å². The van der Waals surface area contributed by atoms with Crippen LogP contribution in [0.25, 0.3) is 0 Å². The van der Waals surface area contributed by atoms with Crippen molar-refractivity contribution < 1.29 is 12.8 Å². The molecule has 3 aromatic heterocycles. The summed E-state index contributed by atoms with van der Waals surface area (Å²) in [5.74, 6) is 0.603. The zero-order valence-corrected chi connectivity index (χ0v) is 14.2. The van der Waals surface area contributed by atoms with Crippen LogP contribution in [0.5, 0.6) is 0 Å². The van der Waals surface area contributed by atoms with E-state index in [0.29, 0.717) is 9.97 Å². The summed E-state index contributed by atoms with van der Waals surface area (Å²) in [6.45, 7) is 2.32. The molecule has 0 aliphatic rings. The Bertz CT molecular complexity index is 856. The number of rotatable bonds is 6. The minimum atomic E-state index is -3.59. The minimum absolute atomic E-state index is 0.182. The van der Waals surface area contributed by atoms with Crippen molar-refractivity contribution in [2.45, 2.75) is 24.2 Å². The van der Waals surface area contributed by atoms with E-state index in [1.54, 1.807) is 42.9 Å². The second kappa shape index (κ2) is 6.66. The summed E-state index contributed by atoms with van der Waals surface area (Å²) in [7, 11) is -3.59. The molecule has 0 saturated carbocycles. The molecule has 7 heteroatoms. The zero-order valence-electron chi connectivity index (χ0n) is 12.5. The molecule has 23 heavy (non-hydrogen) atoms. The molecule has 0 aliphatic carbocycles. The number of pyridine rings is 1. The van der Waals surface area contributed by atoms with Gasteiger partial charge in [0, 0.05) is 23.8 Å². The fourth-order valence-corrected chi connectivity index (χ4v) is 5.01. The fraction of sp³-hybridized carbons (Fsp3) is 0.188. The molecule has 0 atom stereocenters. The zero-order chi connectivity index (χ0) is 16.3. The summed E-state index contributed by atoms with van der Waals surface area (Å²) < 4.78 is 33.0. The third kappa shape index (κ3) is 3.69. The topological polar surface area (TPSA) is 63.4 Å². The molecule has 0 unspecified atom stereocenters. The molecule has 120 valence electrons. The van der Waals surface area contributed by atoms with Crippen molar-refractivity contribution in [3.8, 4) is 0 Å². The first-order chi connectivity index (χ1) is 11.1. The highest BCUT2D eigenvalue weighted by atomic mass is 32.2. The Kier molecular flexibility index (Phi) is 4.61. The summed E-state index contributed by atoms with van der Waals surface area (Å²) >= 11 is 1.27. The van der Waals surface area contributed by atoms with Gasteiger partial charge in [-0.05, 0) is 42.8 Å². The predicted molar refractivity (Wildman–Crippen MR) is 88.4 cm³/mol. The van der Waals surface area contributed by atoms with Gasteiger partial charge < -0.3 is 4.42 Å². The molecule has 0 saturated heterocycles. The summed E-state index contributed by atoms with van der Waals surface area (Å²) in [6.07, 6.45) is 4.88. The highest BCUT2D eigenvalue weighted by Crippen LogP contribution is 2.27. The standard InChI is InChI=1S/C16H16N2O3S2/c1-13-6-7-16(22-13)23(19,20)18(12-15-5-3-9-21-15)11-14-4-2-8-17-10-14/h2-10H,11-12H2,1H3. The largest absolute Gasteiger partial charge is 0.468 e. The molecule has 0 amide bonds. The third-order valence-corrected chi connectivity index (χ3v) is 6.56. The molecule has 0 aliphatic heterocycles. The smallest absolute Gasteiger partial charge is 0.253 e. The van der Waals surface area contributed by atoms with E-state index >= 15 is 0 Å². The van der Waals surface area contributed by atoms with Gasteiger partial charge >= 0.3 is 0 Å². The number of thiophene rings is 1. The molecule has 0 spiro atoms. The van der Waals surface area contributed by atoms with E-state index in [0.717, 1.165) is 10.4 Å². The van der Waals surface area contributed by atoms with Crippen LogP contribution in [0.4, 0.5) is 0 Å². The van der Waals surface area contributed by atoms with E-state index < -0.39 is 10.0 Å². The number of aryl methyl sites for hydroxylation is 1. The van der Waals surface area contributed by atoms with Crippen molar-refractivity contribution in [1.82, 2.24) is 9.29 Å². The quantitative estimate of drug-likeness (QED) is 0.684. The van der Waals surface area contributed by atoms with Crippen LogP contribution in [-0.2, 0) is 23.1 Å². The minimum Gasteiger partial charge on any atom is -0.468 e. The first-order valence-corrected chi connectivity index (χ1v) is 9.29. The van der Waals surface area contributed by atoms with Crippen molar-refractivity contribution in [3.05, 3.63) is 71.3 Å². The van der Waals surface area contributed by atoms with E-state index in [2.05, 4.69) is 4.98 Å². The lowest BCUT2D eigenvalue weighted by molar-refractivity contribution is 0.359. The molecular formula is C16H16N2O3S2. The van der Waals surface area contributed by atoms with Gasteiger partial charge in [0.1, 0.15) is 9.97 Å². The number of hydrogen-bond donors (Lipinski definition) is 0. The Morgan fingerprint density at radius 2 is 2.04 bits per heavy atom. The summed E-state index contributed by atoms with van der Waals surface area (Å²) in [5.41, 5.74) is 0.830. The maximum Gasteiger partial charge on any atom is 0.253 e. The van der Waals surface area contributed by atoms with Crippen molar-refractivity contribution in [1.29, 1.82) is 0 Å². The summed E-state index contributed by atoms with van der Waals surface area (Å²) in [4.78, 5) is 5.01. The fourth-order valence-electron chi connectivity index (χ4n) is 2.18. The molecule has 3 aromatic rings. The van der Waals surface area contributed by atoms with E-state index in [9.17, 15) is 8.42 Å². The highest BCUT2D eigenvalue weighted by Gasteiger charge is 2.27. The molecule has 0 N–H and O–H groups in total. The second-order valence-electron chi connectivity index (χ2n) is 5.08. The van der Waals surface area contributed by atoms with Crippen LogP contribution in [-0.4, -0.2) is 17.7 Å². The lowest BCUT2D eigenvalue weighted by Gasteiger charge is -2.20. The van der Waals surface area contributed by atoms with Gasteiger partial charge in [-0.3, -0.25) is 4.98 Å². The van der Waals surface area contributed by atoms with Gasteiger partial charge in [-0.2, -0.15) is 4.31 Å². The van der Waals surface area contributed by atoms with Crippen LogP contribution in [0.3, 0.4) is 0 Å².